The third kappa shape index (κ3) is 2.28. The van der Waals surface area contributed by atoms with E-state index in [1.165, 1.54) is 12.3 Å². The van der Waals surface area contributed by atoms with Crippen LogP contribution in [0.2, 0.25) is 0 Å². The van der Waals surface area contributed by atoms with Gasteiger partial charge in [0.05, 0.1) is 6.07 Å². The van der Waals surface area contributed by atoms with Crippen LogP contribution < -0.4 is 10.7 Å². The molecule has 1 heterocycles. The Labute approximate surface area is 105 Å². The molecule has 1 aliphatic rings. The summed E-state index contributed by atoms with van der Waals surface area (Å²) in [5, 5.41) is 11.9. The standard InChI is InChI=1S/C13H15N3O2/c1-9-6-11(17)10(7-15-9)12(18)16-13(8-14)4-2-3-5-13/h6-7H,2-5H2,1H3,(H,15,17)(H,16,18). The van der Waals surface area contributed by atoms with Gasteiger partial charge < -0.3 is 10.3 Å². The fourth-order valence-corrected chi connectivity index (χ4v) is 2.28. The van der Waals surface area contributed by atoms with Crippen molar-refractivity contribution in [1.29, 1.82) is 5.26 Å². The first kappa shape index (κ1) is 12.4. The first-order chi connectivity index (χ1) is 8.56. The maximum atomic E-state index is 12.0. The van der Waals surface area contributed by atoms with Crippen molar-refractivity contribution in [3.05, 3.63) is 33.7 Å². The summed E-state index contributed by atoms with van der Waals surface area (Å²) in [5.74, 6) is -0.472. The molecule has 0 aromatic carbocycles. The minimum absolute atomic E-state index is 0.0575. The summed E-state index contributed by atoms with van der Waals surface area (Å²) in [4.78, 5) is 26.5. The molecule has 0 bridgehead atoms. The van der Waals surface area contributed by atoms with Crippen molar-refractivity contribution < 1.29 is 4.79 Å². The monoisotopic (exact) mass is 245 g/mol. The van der Waals surface area contributed by atoms with Gasteiger partial charge in [0.25, 0.3) is 5.91 Å². The van der Waals surface area contributed by atoms with Crippen molar-refractivity contribution >= 4 is 5.91 Å². The summed E-state index contributed by atoms with van der Waals surface area (Å²) in [6, 6.07) is 3.54. The van der Waals surface area contributed by atoms with Crippen LogP contribution in [-0.2, 0) is 0 Å². The Morgan fingerprint density at radius 2 is 2.17 bits per heavy atom. The molecule has 1 aliphatic carbocycles. The van der Waals surface area contributed by atoms with E-state index in [0.29, 0.717) is 18.5 Å². The fraction of sp³-hybridized carbons (Fsp3) is 0.462. The van der Waals surface area contributed by atoms with Crippen molar-refractivity contribution in [2.75, 3.05) is 0 Å². The van der Waals surface area contributed by atoms with Crippen LogP contribution in [-0.4, -0.2) is 16.4 Å². The second-order valence-electron chi connectivity index (χ2n) is 4.75. The topological polar surface area (TPSA) is 85.8 Å². The Morgan fingerprint density at radius 3 is 2.72 bits per heavy atom. The largest absolute Gasteiger partial charge is 0.364 e. The third-order valence-corrected chi connectivity index (χ3v) is 3.33. The molecule has 5 heteroatoms. The summed E-state index contributed by atoms with van der Waals surface area (Å²) in [6.07, 6.45) is 4.56. The summed E-state index contributed by atoms with van der Waals surface area (Å²) in [6.45, 7) is 1.75. The van der Waals surface area contributed by atoms with Gasteiger partial charge in [-0.2, -0.15) is 5.26 Å². The Morgan fingerprint density at radius 1 is 1.50 bits per heavy atom. The zero-order valence-corrected chi connectivity index (χ0v) is 10.2. The van der Waals surface area contributed by atoms with E-state index in [0.717, 1.165) is 12.8 Å². The van der Waals surface area contributed by atoms with Crippen LogP contribution in [0.25, 0.3) is 0 Å². The number of hydrogen-bond acceptors (Lipinski definition) is 3. The van der Waals surface area contributed by atoms with E-state index in [4.69, 9.17) is 0 Å². The molecule has 1 fully saturated rings. The molecule has 1 amide bonds. The molecule has 2 N–H and O–H groups in total. The predicted molar refractivity (Wildman–Crippen MR) is 66.1 cm³/mol. The summed E-state index contributed by atoms with van der Waals surface area (Å²) in [5.41, 5.74) is -0.363. The average Bonchev–Trinajstić information content (AvgIpc) is 2.78. The highest BCUT2D eigenvalue weighted by molar-refractivity contribution is 5.94. The van der Waals surface area contributed by atoms with E-state index in [1.54, 1.807) is 6.92 Å². The normalized spacial score (nSPS) is 17.1. The molecule has 0 atom stereocenters. The van der Waals surface area contributed by atoms with Gasteiger partial charge in [-0.05, 0) is 32.6 Å². The van der Waals surface area contributed by atoms with Crippen LogP contribution in [0.15, 0.2) is 17.1 Å². The van der Waals surface area contributed by atoms with Gasteiger partial charge in [0.15, 0.2) is 5.43 Å². The molecule has 0 radical (unpaired) electrons. The minimum atomic E-state index is -0.797. The first-order valence-electron chi connectivity index (χ1n) is 5.99. The number of nitrogens with zero attached hydrogens (tertiary/aromatic N) is 1. The second kappa shape index (κ2) is 4.65. The van der Waals surface area contributed by atoms with Gasteiger partial charge in [0.1, 0.15) is 11.1 Å². The Kier molecular flexibility index (Phi) is 3.19. The highest BCUT2D eigenvalue weighted by Crippen LogP contribution is 2.28. The fourth-order valence-electron chi connectivity index (χ4n) is 2.28. The highest BCUT2D eigenvalue weighted by Gasteiger charge is 2.35. The van der Waals surface area contributed by atoms with Crippen LogP contribution >= 0.6 is 0 Å². The van der Waals surface area contributed by atoms with E-state index in [1.807, 2.05) is 0 Å². The summed E-state index contributed by atoms with van der Waals surface area (Å²) in [7, 11) is 0. The maximum Gasteiger partial charge on any atom is 0.257 e. The van der Waals surface area contributed by atoms with Crippen molar-refractivity contribution in [2.45, 2.75) is 38.1 Å². The van der Waals surface area contributed by atoms with E-state index in [2.05, 4.69) is 16.4 Å². The zero-order chi connectivity index (χ0) is 13.2. The van der Waals surface area contributed by atoms with Gasteiger partial charge in [0.2, 0.25) is 0 Å². The lowest BCUT2D eigenvalue weighted by atomic mass is 9.99. The molecule has 2 rings (SSSR count). The number of pyridine rings is 1. The number of carbonyl (C=O) groups excluding carboxylic acids is 1. The SMILES string of the molecule is Cc1cc(=O)c(C(=O)NC2(C#N)CCCC2)c[nH]1. The van der Waals surface area contributed by atoms with E-state index >= 15 is 0 Å². The molecule has 5 nitrogen and oxygen atoms in total. The van der Waals surface area contributed by atoms with E-state index < -0.39 is 11.4 Å². The lowest BCUT2D eigenvalue weighted by Crippen LogP contribution is -2.46. The molecular weight excluding hydrogens is 230 g/mol. The van der Waals surface area contributed by atoms with Gasteiger partial charge >= 0.3 is 0 Å². The number of hydrogen-bond donors (Lipinski definition) is 2. The quantitative estimate of drug-likeness (QED) is 0.822. The smallest absolute Gasteiger partial charge is 0.257 e. The van der Waals surface area contributed by atoms with Gasteiger partial charge in [0, 0.05) is 18.0 Å². The van der Waals surface area contributed by atoms with Crippen LogP contribution in [0.4, 0.5) is 0 Å². The number of rotatable bonds is 2. The molecule has 94 valence electrons. The van der Waals surface area contributed by atoms with Crippen molar-refractivity contribution in [3.8, 4) is 6.07 Å². The number of nitrogens with one attached hydrogen (secondary N) is 2. The molecule has 0 spiro atoms. The molecule has 1 aromatic rings. The molecular formula is C13H15N3O2. The molecule has 0 aliphatic heterocycles. The average molecular weight is 245 g/mol. The zero-order valence-electron chi connectivity index (χ0n) is 10.2. The van der Waals surface area contributed by atoms with Crippen LogP contribution in [0.3, 0.4) is 0 Å². The number of nitriles is 1. The van der Waals surface area contributed by atoms with Crippen molar-refractivity contribution in [1.82, 2.24) is 10.3 Å². The number of carbonyl (C=O) groups is 1. The van der Waals surface area contributed by atoms with Gasteiger partial charge in [-0.3, -0.25) is 9.59 Å². The molecule has 0 unspecified atom stereocenters. The molecule has 1 aromatic heterocycles. The summed E-state index contributed by atoms with van der Waals surface area (Å²) < 4.78 is 0. The van der Waals surface area contributed by atoms with Crippen LogP contribution in [0.1, 0.15) is 41.7 Å². The molecule has 0 saturated heterocycles. The maximum absolute atomic E-state index is 12.0. The number of aromatic amines is 1. The van der Waals surface area contributed by atoms with Crippen molar-refractivity contribution in [3.63, 3.8) is 0 Å². The van der Waals surface area contributed by atoms with Gasteiger partial charge in [-0.15, -0.1) is 0 Å². The predicted octanol–water partition coefficient (Wildman–Crippen LogP) is 1.25. The number of aryl methyl sites for hydroxylation is 1. The Hall–Kier alpha value is -2.09. The van der Waals surface area contributed by atoms with E-state index in [-0.39, 0.29) is 11.0 Å². The lowest BCUT2D eigenvalue weighted by Gasteiger charge is -2.21. The van der Waals surface area contributed by atoms with Gasteiger partial charge in [-0.1, -0.05) is 0 Å². The highest BCUT2D eigenvalue weighted by atomic mass is 16.2. The van der Waals surface area contributed by atoms with Gasteiger partial charge in [-0.25, -0.2) is 0 Å². The number of amides is 1. The van der Waals surface area contributed by atoms with Crippen LogP contribution in [0, 0.1) is 18.3 Å². The van der Waals surface area contributed by atoms with E-state index in [9.17, 15) is 14.9 Å². The van der Waals surface area contributed by atoms with Crippen molar-refractivity contribution in [2.24, 2.45) is 0 Å². The number of aromatic nitrogens is 1. The Balaban J connectivity index is 2.22. The second-order valence-corrected chi connectivity index (χ2v) is 4.75. The molecule has 18 heavy (non-hydrogen) atoms. The summed E-state index contributed by atoms with van der Waals surface area (Å²) >= 11 is 0. The minimum Gasteiger partial charge on any atom is -0.364 e. The lowest BCUT2D eigenvalue weighted by molar-refractivity contribution is 0.0919. The first-order valence-corrected chi connectivity index (χ1v) is 5.99. The Bertz CT molecular complexity index is 562. The van der Waals surface area contributed by atoms with Crippen LogP contribution in [0.5, 0.6) is 0 Å². The third-order valence-electron chi connectivity index (χ3n) is 3.33. The number of H-pyrrole nitrogens is 1. The molecule has 1 saturated carbocycles.